The maximum absolute atomic E-state index is 6.24. The molecule has 1 aliphatic heterocycles. The predicted octanol–water partition coefficient (Wildman–Crippen LogP) is 4.06. The van der Waals surface area contributed by atoms with Crippen molar-refractivity contribution >= 4 is 11.6 Å². The van der Waals surface area contributed by atoms with Crippen molar-refractivity contribution in [2.24, 2.45) is 11.8 Å². The molecule has 0 spiro atoms. The summed E-state index contributed by atoms with van der Waals surface area (Å²) in [5, 5.41) is 4.22. The Morgan fingerprint density at radius 3 is 2.55 bits per heavy atom. The number of halogens is 1. The van der Waals surface area contributed by atoms with E-state index in [1.165, 1.54) is 37.7 Å². The van der Waals surface area contributed by atoms with Crippen LogP contribution >= 0.6 is 11.6 Å². The van der Waals surface area contributed by atoms with Gasteiger partial charge in [0.25, 0.3) is 0 Å². The van der Waals surface area contributed by atoms with E-state index in [1.54, 1.807) is 0 Å². The van der Waals surface area contributed by atoms with Crippen molar-refractivity contribution in [1.82, 2.24) is 5.32 Å². The molecule has 1 saturated carbocycles. The summed E-state index contributed by atoms with van der Waals surface area (Å²) in [6, 6.07) is 6.23. The summed E-state index contributed by atoms with van der Waals surface area (Å²) < 4.78 is 5.92. The first-order valence-electron chi connectivity index (χ1n) is 7.92. The van der Waals surface area contributed by atoms with Crippen molar-refractivity contribution < 1.29 is 4.74 Å². The van der Waals surface area contributed by atoms with Crippen molar-refractivity contribution in [3.05, 3.63) is 28.8 Å². The summed E-state index contributed by atoms with van der Waals surface area (Å²) >= 11 is 6.24. The van der Waals surface area contributed by atoms with Crippen LogP contribution in [0.2, 0.25) is 5.02 Å². The molecule has 0 amide bonds. The van der Waals surface area contributed by atoms with Crippen LogP contribution in [0, 0.1) is 11.8 Å². The summed E-state index contributed by atoms with van der Waals surface area (Å²) in [4.78, 5) is 0. The Balaban J connectivity index is 1.59. The Hall–Kier alpha value is -0.730. The predicted molar refractivity (Wildman–Crippen MR) is 83.6 cm³/mol. The third kappa shape index (κ3) is 3.89. The third-order valence-corrected chi connectivity index (χ3v) is 4.84. The van der Waals surface area contributed by atoms with E-state index < -0.39 is 0 Å². The molecule has 0 bridgehead atoms. The Bertz CT molecular complexity index is 439. The normalized spacial score (nSPS) is 20.6. The van der Waals surface area contributed by atoms with Gasteiger partial charge in [0.05, 0.1) is 6.61 Å². The van der Waals surface area contributed by atoms with Gasteiger partial charge in [-0.25, -0.2) is 0 Å². The molecule has 1 heterocycles. The molecule has 2 aliphatic rings. The van der Waals surface area contributed by atoms with E-state index in [0.29, 0.717) is 0 Å². The number of piperidine rings is 1. The van der Waals surface area contributed by atoms with Crippen LogP contribution in [0.4, 0.5) is 0 Å². The zero-order valence-corrected chi connectivity index (χ0v) is 12.8. The minimum atomic E-state index is 0.766. The minimum absolute atomic E-state index is 0.766. The van der Waals surface area contributed by atoms with E-state index in [2.05, 4.69) is 17.4 Å². The van der Waals surface area contributed by atoms with E-state index in [9.17, 15) is 0 Å². The van der Waals surface area contributed by atoms with E-state index in [1.807, 2.05) is 6.07 Å². The standard InChI is InChI=1S/C17H24ClNO/c18-16-9-15(8-13-4-6-19-7-5-13)10-17(11-16)20-12-14-2-1-3-14/h9-11,13-14,19H,1-8,12H2. The van der Waals surface area contributed by atoms with Gasteiger partial charge in [-0.2, -0.15) is 0 Å². The lowest BCUT2D eigenvalue weighted by Crippen LogP contribution is -2.28. The minimum Gasteiger partial charge on any atom is -0.493 e. The average Bonchev–Trinajstić information content (AvgIpc) is 2.37. The lowest BCUT2D eigenvalue weighted by atomic mass is 9.86. The molecule has 3 heteroatoms. The first-order valence-corrected chi connectivity index (χ1v) is 8.30. The van der Waals surface area contributed by atoms with Crippen LogP contribution in [-0.2, 0) is 6.42 Å². The Morgan fingerprint density at radius 2 is 1.85 bits per heavy atom. The molecule has 3 rings (SSSR count). The molecule has 1 aromatic rings. The first kappa shape index (κ1) is 14.2. The summed E-state index contributed by atoms with van der Waals surface area (Å²) in [6.45, 7) is 3.15. The zero-order chi connectivity index (χ0) is 13.8. The fourth-order valence-electron chi connectivity index (χ4n) is 3.11. The number of rotatable bonds is 5. The van der Waals surface area contributed by atoms with Gasteiger partial charge in [0.15, 0.2) is 0 Å². The van der Waals surface area contributed by atoms with Gasteiger partial charge in [-0.15, -0.1) is 0 Å². The number of hydrogen-bond donors (Lipinski definition) is 1. The van der Waals surface area contributed by atoms with E-state index in [0.717, 1.165) is 48.7 Å². The van der Waals surface area contributed by atoms with Gasteiger partial charge in [0, 0.05) is 5.02 Å². The second-order valence-electron chi connectivity index (χ2n) is 6.30. The number of nitrogens with one attached hydrogen (secondary N) is 1. The van der Waals surface area contributed by atoms with Gasteiger partial charge in [-0.3, -0.25) is 0 Å². The molecule has 2 nitrogen and oxygen atoms in total. The summed E-state index contributed by atoms with van der Waals surface area (Å²) in [6.07, 6.45) is 7.67. The molecule has 2 fully saturated rings. The second kappa shape index (κ2) is 6.82. The Kier molecular flexibility index (Phi) is 4.85. The monoisotopic (exact) mass is 293 g/mol. The van der Waals surface area contributed by atoms with E-state index >= 15 is 0 Å². The van der Waals surface area contributed by atoms with Crippen molar-refractivity contribution in [2.75, 3.05) is 19.7 Å². The molecule has 0 atom stereocenters. The topological polar surface area (TPSA) is 21.3 Å². The van der Waals surface area contributed by atoms with Gasteiger partial charge >= 0.3 is 0 Å². The number of benzene rings is 1. The summed E-state index contributed by atoms with van der Waals surface area (Å²) in [5.41, 5.74) is 1.33. The van der Waals surface area contributed by atoms with Crippen molar-refractivity contribution in [1.29, 1.82) is 0 Å². The van der Waals surface area contributed by atoms with Crippen LogP contribution in [0.1, 0.15) is 37.7 Å². The van der Waals surface area contributed by atoms with Crippen LogP contribution in [0.3, 0.4) is 0 Å². The fourth-order valence-corrected chi connectivity index (χ4v) is 3.36. The summed E-state index contributed by atoms with van der Waals surface area (Å²) in [5.74, 6) is 2.50. The third-order valence-electron chi connectivity index (χ3n) is 4.62. The lowest BCUT2D eigenvalue weighted by molar-refractivity contribution is 0.180. The van der Waals surface area contributed by atoms with Gasteiger partial charge in [0.1, 0.15) is 5.75 Å². The first-order chi connectivity index (χ1) is 9.79. The lowest BCUT2D eigenvalue weighted by Gasteiger charge is -2.25. The van der Waals surface area contributed by atoms with Gasteiger partial charge in [-0.1, -0.05) is 18.0 Å². The number of hydrogen-bond acceptors (Lipinski definition) is 2. The highest BCUT2D eigenvalue weighted by atomic mass is 35.5. The molecule has 1 N–H and O–H groups in total. The van der Waals surface area contributed by atoms with Gasteiger partial charge in [0.2, 0.25) is 0 Å². The molecule has 0 unspecified atom stereocenters. The molecule has 1 saturated heterocycles. The zero-order valence-electron chi connectivity index (χ0n) is 12.0. The highest BCUT2D eigenvalue weighted by Gasteiger charge is 2.18. The van der Waals surface area contributed by atoms with Gasteiger partial charge in [-0.05, 0) is 80.8 Å². The van der Waals surface area contributed by atoms with Gasteiger partial charge < -0.3 is 10.1 Å². The molecule has 0 radical (unpaired) electrons. The molecule has 1 aromatic carbocycles. The molecule has 0 aromatic heterocycles. The van der Waals surface area contributed by atoms with Crippen molar-refractivity contribution in [2.45, 2.75) is 38.5 Å². The maximum Gasteiger partial charge on any atom is 0.121 e. The highest BCUT2D eigenvalue weighted by molar-refractivity contribution is 6.30. The number of ether oxygens (including phenoxy) is 1. The van der Waals surface area contributed by atoms with Crippen molar-refractivity contribution in [3.8, 4) is 5.75 Å². The van der Waals surface area contributed by atoms with Crippen LogP contribution in [0.25, 0.3) is 0 Å². The largest absolute Gasteiger partial charge is 0.493 e. The Morgan fingerprint density at radius 1 is 1.05 bits per heavy atom. The van der Waals surface area contributed by atoms with Crippen LogP contribution in [-0.4, -0.2) is 19.7 Å². The molecule has 20 heavy (non-hydrogen) atoms. The van der Waals surface area contributed by atoms with E-state index in [-0.39, 0.29) is 0 Å². The molecular formula is C17H24ClNO. The SMILES string of the molecule is Clc1cc(CC2CCNCC2)cc(OCC2CCC2)c1. The summed E-state index contributed by atoms with van der Waals surface area (Å²) in [7, 11) is 0. The smallest absolute Gasteiger partial charge is 0.121 e. The molecule has 1 aliphatic carbocycles. The van der Waals surface area contributed by atoms with Crippen LogP contribution < -0.4 is 10.1 Å². The fraction of sp³-hybridized carbons (Fsp3) is 0.647. The molecular weight excluding hydrogens is 270 g/mol. The average molecular weight is 294 g/mol. The molecule has 110 valence electrons. The second-order valence-corrected chi connectivity index (χ2v) is 6.74. The van der Waals surface area contributed by atoms with Crippen LogP contribution in [0.5, 0.6) is 5.75 Å². The quantitative estimate of drug-likeness (QED) is 0.884. The highest BCUT2D eigenvalue weighted by Crippen LogP contribution is 2.29. The van der Waals surface area contributed by atoms with Crippen molar-refractivity contribution in [3.63, 3.8) is 0 Å². The van der Waals surface area contributed by atoms with Crippen LogP contribution in [0.15, 0.2) is 18.2 Å². The van der Waals surface area contributed by atoms with E-state index in [4.69, 9.17) is 16.3 Å². The Labute approximate surface area is 126 Å². The maximum atomic E-state index is 6.24.